The summed E-state index contributed by atoms with van der Waals surface area (Å²) in [4.78, 5) is 22.5. The van der Waals surface area contributed by atoms with Crippen molar-refractivity contribution < 1.29 is 18.1 Å². The van der Waals surface area contributed by atoms with Crippen LogP contribution in [-0.2, 0) is 10.0 Å². The maximum atomic E-state index is 12.8. The van der Waals surface area contributed by atoms with E-state index in [2.05, 4.69) is 10.0 Å². The second-order valence-corrected chi connectivity index (χ2v) is 8.38. The molecule has 10 heteroatoms. The Morgan fingerprint density at radius 2 is 1.70 bits per heavy atom. The molecule has 0 heterocycles. The fourth-order valence-electron chi connectivity index (χ4n) is 2.65. The number of anilines is 2. The standard InChI is InChI=1S/C20H16ClN3O5S/c1-13-6-9-15(22-20(25)14-7-10-16(11-8-14)24(26)27)12-19(13)30(28,29)23-18-5-3-2-4-17(18)21/h2-12,23H,1H3,(H,22,25). The van der Waals surface area contributed by atoms with Crippen LogP contribution in [0.25, 0.3) is 0 Å². The number of nitrogens with one attached hydrogen (secondary N) is 2. The van der Waals surface area contributed by atoms with Gasteiger partial charge in [-0.1, -0.05) is 29.8 Å². The minimum Gasteiger partial charge on any atom is -0.322 e. The average Bonchev–Trinajstić information content (AvgIpc) is 2.71. The lowest BCUT2D eigenvalue weighted by Crippen LogP contribution is -2.16. The van der Waals surface area contributed by atoms with Gasteiger partial charge in [-0.3, -0.25) is 19.6 Å². The Morgan fingerprint density at radius 3 is 2.33 bits per heavy atom. The van der Waals surface area contributed by atoms with Crippen LogP contribution in [-0.4, -0.2) is 19.2 Å². The first-order valence-electron chi connectivity index (χ1n) is 8.61. The fourth-order valence-corrected chi connectivity index (χ4v) is 4.24. The van der Waals surface area contributed by atoms with Crippen LogP contribution < -0.4 is 10.0 Å². The van der Waals surface area contributed by atoms with Crippen LogP contribution in [0.2, 0.25) is 5.02 Å². The number of halogens is 1. The molecule has 0 bridgehead atoms. The van der Waals surface area contributed by atoms with E-state index in [0.717, 1.165) is 0 Å². The van der Waals surface area contributed by atoms with Gasteiger partial charge in [-0.15, -0.1) is 0 Å². The van der Waals surface area contributed by atoms with Crippen molar-refractivity contribution in [3.63, 3.8) is 0 Å². The van der Waals surface area contributed by atoms with Gasteiger partial charge in [0.05, 0.1) is 20.5 Å². The highest BCUT2D eigenvalue weighted by molar-refractivity contribution is 7.92. The third-order valence-electron chi connectivity index (χ3n) is 4.19. The second-order valence-electron chi connectivity index (χ2n) is 6.32. The Bertz CT molecular complexity index is 1230. The number of carbonyl (C=O) groups excluding carboxylic acids is 1. The zero-order valence-electron chi connectivity index (χ0n) is 15.6. The van der Waals surface area contributed by atoms with Gasteiger partial charge in [0, 0.05) is 23.4 Å². The fraction of sp³-hybridized carbons (Fsp3) is 0.0500. The predicted molar refractivity (Wildman–Crippen MR) is 114 cm³/mol. The van der Waals surface area contributed by atoms with E-state index >= 15 is 0 Å². The quantitative estimate of drug-likeness (QED) is 0.424. The van der Waals surface area contributed by atoms with Crippen molar-refractivity contribution in [2.45, 2.75) is 11.8 Å². The summed E-state index contributed by atoms with van der Waals surface area (Å²) in [5.41, 5.74) is 1.02. The molecule has 0 unspecified atom stereocenters. The van der Waals surface area contributed by atoms with Crippen LogP contribution >= 0.6 is 11.6 Å². The molecule has 3 rings (SSSR count). The topological polar surface area (TPSA) is 118 Å². The third-order valence-corrected chi connectivity index (χ3v) is 6.03. The van der Waals surface area contributed by atoms with Crippen molar-refractivity contribution in [1.82, 2.24) is 0 Å². The highest BCUT2D eigenvalue weighted by Gasteiger charge is 2.19. The summed E-state index contributed by atoms with van der Waals surface area (Å²) in [7, 11) is -3.97. The van der Waals surface area contributed by atoms with E-state index in [-0.39, 0.29) is 32.5 Å². The van der Waals surface area contributed by atoms with Gasteiger partial charge in [0.1, 0.15) is 0 Å². The first kappa shape index (κ1) is 21.3. The number of carbonyl (C=O) groups is 1. The Labute approximate surface area is 177 Å². The van der Waals surface area contributed by atoms with Crippen molar-refractivity contribution in [3.8, 4) is 0 Å². The van der Waals surface area contributed by atoms with Crippen LogP contribution in [0.4, 0.5) is 17.1 Å². The number of nitrogens with zero attached hydrogens (tertiary/aromatic N) is 1. The second kappa shape index (κ2) is 8.52. The zero-order chi connectivity index (χ0) is 21.9. The molecule has 8 nitrogen and oxygen atoms in total. The molecule has 0 spiro atoms. The normalized spacial score (nSPS) is 11.0. The van der Waals surface area contributed by atoms with E-state index in [1.54, 1.807) is 37.3 Å². The number of rotatable bonds is 6. The minimum absolute atomic E-state index is 0.0241. The van der Waals surface area contributed by atoms with E-state index in [0.29, 0.717) is 5.56 Å². The number of aryl methyl sites for hydroxylation is 1. The van der Waals surface area contributed by atoms with Gasteiger partial charge in [0.2, 0.25) is 0 Å². The maximum Gasteiger partial charge on any atom is 0.269 e. The van der Waals surface area contributed by atoms with Gasteiger partial charge in [-0.05, 0) is 48.9 Å². The summed E-state index contributed by atoms with van der Waals surface area (Å²) in [6.45, 7) is 1.63. The van der Waals surface area contributed by atoms with Crippen molar-refractivity contribution in [1.29, 1.82) is 0 Å². The summed E-state index contributed by atoms with van der Waals surface area (Å²) < 4.78 is 28.1. The number of non-ortho nitro benzene ring substituents is 1. The van der Waals surface area contributed by atoms with E-state index in [1.165, 1.54) is 36.4 Å². The molecular formula is C20H16ClN3O5S. The molecule has 3 aromatic carbocycles. The van der Waals surface area contributed by atoms with E-state index in [1.807, 2.05) is 0 Å². The molecular weight excluding hydrogens is 430 g/mol. The molecule has 0 aliphatic carbocycles. The third kappa shape index (κ3) is 4.76. The Hall–Kier alpha value is -3.43. The minimum atomic E-state index is -3.97. The lowest BCUT2D eigenvalue weighted by atomic mass is 10.2. The number of hydrogen-bond donors (Lipinski definition) is 2. The Kier molecular flexibility index (Phi) is 6.04. The highest BCUT2D eigenvalue weighted by Crippen LogP contribution is 2.27. The van der Waals surface area contributed by atoms with Gasteiger partial charge >= 0.3 is 0 Å². The smallest absolute Gasteiger partial charge is 0.269 e. The summed E-state index contributed by atoms with van der Waals surface area (Å²) in [5, 5.41) is 13.6. The summed E-state index contributed by atoms with van der Waals surface area (Å²) >= 11 is 6.03. The first-order chi connectivity index (χ1) is 14.2. The van der Waals surface area contributed by atoms with Gasteiger partial charge in [0.15, 0.2) is 0 Å². The molecule has 0 atom stereocenters. The number of hydrogen-bond acceptors (Lipinski definition) is 5. The van der Waals surface area contributed by atoms with Crippen molar-refractivity contribution in [2.75, 3.05) is 10.0 Å². The number of sulfonamides is 1. The van der Waals surface area contributed by atoms with Crippen LogP contribution in [0.1, 0.15) is 15.9 Å². The molecule has 0 aliphatic rings. The largest absolute Gasteiger partial charge is 0.322 e. The number of nitro groups is 1. The van der Waals surface area contributed by atoms with Gasteiger partial charge in [-0.25, -0.2) is 8.42 Å². The summed E-state index contributed by atoms with van der Waals surface area (Å²) in [6.07, 6.45) is 0. The van der Waals surface area contributed by atoms with Crippen molar-refractivity contribution in [2.24, 2.45) is 0 Å². The van der Waals surface area contributed by atoms with Crippen molar-refractivity contribution >= 4 is 44.6 Å². The summed E-state index contributed by atoms with van der Waals surface area (Å²) in [6, 6.07) is 16.0. The molecule has 0 saturated heterocycles. The van der Waals surface area contributed by atoms with Crippen LogP contribution in [0.15, 0.2) is 71.6 Å². The molecule has 0 aliphatic heterocycles. The molecule has 1 amide bonds. The number of para-hydroxylation sites is 1. The van der Waals surface area contributed by atoms with E-state index < -0.39 is 20.9 Å². The monoisotopic (exact) mass is 445 g/mol. The maximum absolute atomic E-state index is 12.8. The highest BCUT2D eigenvalue weighted by atomic mass is 35.5. The zero-order valence-corrected chi connectivity index (χ0v) is 17.2. The lowest BCUT2D eigenvalue weighted by molar-refractivity contribution is -0.384. The van der Waals surface area contributed by atoms with Gasteiger partial charge < -0.3 is 5.32 Å². The molecule has 3 aromatic rings. The summed E-state index contributed by atoms with van der Waals surface area (Å²) in [5.74, 6) is -0.531. The average molecular weight is 446 g/mol. The van der Waals surface area contributed by atoms with E-state index in [9.17, 15) is 23.3 Å². The SMILES string of the molecule is Cc1ccc(NC(=O)c2ccc([N+](=O)[O-])cc2)cc1S(=O)(=O)Nc1ccccc1Cl. The van der Waals surface area contributed by atoms with Crippen LogP contribution in [0.3, 0.4) is 0 Å². The predicted octanol–water partition coefficient (Wildman–Crippen LogP) is 4.61. The molecule has 0 saturated carbocycles. The lowest BCUT2D eigenvalue weighted by Gasteiger charge is -2.13. The molecule has 154 valence electrons. The van der Waals surface area contributed by atoms with Crippen LogP contribution in [0, 0.1) is 17.0 Å². The van der Waals surface area contributed by atoms with E-state index in [4.69, 9.17) is 11.6 Å². The van der Waals surface area contributed by atoms with Crippen LogP contribution in [0.5, 0.6) is 0 Å². The van der Waals surface area contributed by atoms with Gasteiger partial charge in [0.25, 0.3) is 21.6 Å². The molecule has 0 aromatic heterocycles. The molecule has 30 heavy (non-hydrogen) atoms. The molecule has 0 radical (unpaired) electrons. The Morgan fingerprint density at radius 1 is 1.03 bits per heavy atom. The number of amides is 1. The molecule has 2 N–H and O–H groups in total. The van der Waals surface area contributed by atoms with Crippen molar-refractivity contribution in [3.05, 3.63) is 93.0 Å². The first-order valence-corrected chi connectivity index (χ1v) is 10.5. The number of nitro benzene ring substituents is 1. The van der Waals surface area contributed by atoms with Gasteiger partial charge in [-0.2, -0.15) is 0 Å². The Balaban J connectivity index is 1.85. The molecule has 0 fully saturated rings. The number of benzene rings is 3.